The molecular weight excluding hydrogens is 468 g/mol. The first kappa shape index (κ1) is 23.6. The summed E-state index contributed by atoms with van der Waals surface area (Å²) >= 11 is 7.68. The normalized spacial score (nSPS) is 25.1. The Labute approximate surface area is 210 Å². The summed E-state index contributed by atoms with van der Waals surface area (Å²) in [6, 6.07) is 5.43. The Balaban J connectivity index is 1.33. The lowest BCUT2D eigenvalue weighted by atomic mass is 9.50. The van der Waals surface area contributed by atoms with E-state index >= 15 is 0 Å². The van der Waals surface area contributed by atoms with Crippen LogP contribution in [-0.2, 0) is 9.59 Å². The summed E-state index contributed by atoms with van der Waals surface area (Å²) in [6.45, 7) is 4.02. The van der Waals surface area contributed by atoms with Gasteiger partial charge < -0.3 is 10.6 Å². The molecule has 6 rings (SSSR count). The van der Waals surface area contributed by atoms with E-state index in [2.05, 4.69) is 22.5 Å². The van der Waals surface area contributed by atoms with Crippen molar-refractivity contribution in [3.05, 3.63) is 40.0 Å². The maximum absolute atomic E-state index is 13.5. The first-order chi connectivity index (χ1) is 16.4. The number of rotatable bonds is 10. The third-order valence-corrected chi connectivity index (χ3v) is 9.42. The summed E-state index contributed by atoms with van der Waals surface area (Å²) in [4.78, 5) is 32.9. The van der Waals surface area contributed by atoms with E-state index in [0.29, 0.717) is 10.9 Å². The molecule has 0 saturated heterocycles. The first-order valence-corrected chi connectivity index (χ1v) is 13.6. The largest absolute Gasteiger partial charge is 0.376 e. The van der Waals surface area contributed by atoms with Crippen molar-refractivity contribution in [3.8, 4) is 0 Å². The number of nitrogens with one attached hydrogen (secondary N) is 2. The second kappa shape index (κ2) is 9.50. The van der Waals surface area contributed by atoms with Crippen LogP contribution in [-0.4, -0.2) is 28.9 Å². The van der Waals surface area contributed by atoms with Gasteiger partial charge in [-0.3, -0.25) is 19.5 Å². The van der Waals surface area contributed by atoms with E-state index in [-0.39, 0.29) is 17.5 Å². The van der Waals surface area contributed by atoms with E-state index in [0.717, 1.165) is 72.1 Å². The SMILES string of the molecule is Cc1ncc(Cl)cc1N[C@H](C)c1ccc(N(C=O)[C@@H](CC2CCCC2)C(=O)NC23CC(C2)C3)s1. The molecule has 2 aromatic heterocycles. The number of amides is 2. The number of halogens is 1. The van der Waals surface area contributed by atoms with Crippen LogP contribution < -0.4 is 15.5 Å². The van der Waals surface area contributed by atoms with Crippen LogP contribution >= 0.6 is 22.9 Å². The fourth-order valence-corrected chi connectivity index (χ4v) is 7.02. The highest BCUT2D eigenvalue weighted by atomic mass is 35.5. The Hall–Kier alpha value is -2.12. The van der Waals surface area contributed by atoms with E-state index < -0.39 is 6.04 Å². The molecule has 34 heavy (non-hydrogen) atoms. The molecule has 4 saturated carbocycles. The van der Waals surface area contributed by atoms with Crippen molar-refractivity contribution in [1.82, 2.24) is 10.3 Å². The quantitative estimate of drug-likeness (QED) is 0.401. The average molecular weight is 501 g/mol. The summed E-state index contributed by atoms with van der Waals surface area (Å²) in [5.74, 6) is 1.31. The molecule has 8 heteroatoms. The van der Waals surface area contributed by atoms with Crippen LogP contribution in [0.3, 0.4) is 0 Å². The van der Waals surface area contributed by atoms with Gasteiger partial charge in [0.05, 0.1) is 27.4 Å². The monoisotopic (exact) mass is 500 g/mol. The molecule has 2 amide bonds. The lowest BCUT2D eigenvalue weighted by Crippen LogP contribution is -2.70. The number of hydrogen-bond acceptors (Lipinski definition) is 5. The molecule has 0 unspecified atom stereocenters. The molecule has 4 aliphatic rings. The average Bonchev–Trinajstić information content (AvgIpc) is 3.44. The standard InChI is InChI=1S/C26H33ClN4O2S/c1-16-21(10-20(27)14-28-16)29-17(2)23-7-8-24(34-23)31(15-32)22(9-18-5-3-4-6-18)25(33)30-26-11-19(12-26)13-26/h7-8,10,14-15,17-19,22,29H,3-6,9,11-13H2,1-2H3,(H,30,33)/t17-,19?,22+,26?/m1/s1. The Morgan fingerprint density at radius 2 is 2.06 bits per heavy atom. The van der Waals surface area contributed by atoms with Crippen molar-refractivity contribution >= 4 is 45.9 Å². The molecule has 2 heterocycles. The molecule has 2 aromatic rings. The van der Waals surface area contributed by atoms with Crippen molar-refractivity contribution < 1.29 is 9.59 Å². The van der Waals surface area contributed by atoms with Gasteiger partial charge in [-0.05, 0) is 69.6 Å². The summed E-state index contributed by atoms with van der Waals surface area (Å²) in [6.07, 6.45) is 11.2. The number of aromatic nitrogens is 1. The minimum Gasteiger partial charge on any atom is -0.376 e. The number of aryl methyl sites for hydroxylation is 1. The third-order valence-electron chi connectivity index (χ3n) is 7.93. The number of anilines is 2. The number of pyridine rings is 1. The Morgan fingerprint density at radius 1 is 1.32 bits per heavy atom. The van der Waals surface area contributed by atoms with E-state index in [1.807, 2.05) is 25.1 Å². The smallest absolute Gasteiger partial charge is 0.243 e. The number of hydrogen-bond donors (Lipinski definition) is 2. The highest BCUT2D eigenvalue weighted by Gasteiger charge is 2.57. The van der Waals surface area contributed by atoms with Crippen LogP contribution in [0.5, 0.6) is 0 Å². The van der Waals surface area contributed by atoms with Gasteiger partial charge in [0.15, 0.2) is 0 Å². The van der Waals surface area contributed by atoms with Crippen molar-refractivity contribution in [1.29, 1.82) is 0 Å². The van der Waals surface area contributed by atoms with E-state index in [1.165, 1.54) is 12.8 Å². The molecule has 2 bridgehead atoms. The predicted octanol–water partition coefficient (Wildman–Crippen LogP) is 5.86. The van der Waals surface area contributed by atoms with Gasteiger partial charge in [0.25, 0.3) is 0 Å². The van der Waals surface area contributed by atoms with E-state index in [1.54, 1.807) is 22.4 Å². The molecular formula is C26H33ClN4O2S. The third kappa shape index (κ3) is 4.69. The van der Waals surface area contributed by atoms with Gasteiger partial charge in [0, 0.05) is 16.6 Å². The van der Waals surface area contributed by atoms with E-state index in [9.17, 15) is 9.59 Å². The van der Waals surface area contributed by atoms with Crippen molar-refractivity contribution in [2.45, 2.75) is 82.8 Å². The maximum atomic E-state index is 13.5. The molecule has 0 radical (unpaired) electrons. The molecule has 2 N–H and O–H groups in total. The topological polar surface area (TPSA) is 74.3 Å². The number of carbonyl (C=O) groups is 2. The highest BCUT2D eigenvalue weighted by molar-refractivity contribution is 7.16. The second-order valence-electron chi connectivity index (χ2n) is 10.5. The van der Waals surface area contributed by atoms with Gasteiger partial charge >= 0.3 is 0 Å². The van der Waals surface area contributed by atoms with E-state index in [4.69, 9.17) is 11.6 Å². The number of thiophene rings is 1. The lowest BCUT2D eigenvalue weighted by molar-refractivity contribution is -0.135. The van der Waals surface area contributed by atoms with Crippen LogP contribution in [0, 0.1) is 18.8 Å². The minimum absolute atomic E-state index is 0.00608. The zero-order valence-electron chi connectivity index (χ0n) is 19.9. The summed E-state index contributed by atoms with van der Waals surface area (Å²) in [7, 11) is 0. The van der Waals surface area contributed by atoms with Crippen LogP contribution in [0.1, 0.15) is 74.9 Å². The molecule has 6 nitrogen and oxygen atoms in total. The molecule has 0 aliphatic heterocycles. The number of carbonyl (C=O) groups excluding carboxylic acids is 2. The summed E-state index contributed by atoms with van der Waals surface area (Å²) in [5.41, 5.74) is 1.77. The van der Waals surface area contributed by atoms with Gasteiger partial charge in [0.1, 0.15) is 6.04 Å². The van der Waals surface area contributed by atoms with Crippen molar-refractivity contribution in [3.63, 3.8) is 0 Å². The molecule has 0 spiro atoms. The second-order valence-corrected chi connectivity index (χ2v) is 12.0. The summed E-state index contributed by atoms with van der Waals surface area (Å²) in [5, 5.41) is 8.20. The Kier molecular flexibility index (Phi) is 6.60. The maximum Gasteiger partial charge on any atom is 0.243 e. The fraction of sp³-hybridized carbons (Fsp3) is 0.577. The zero-order chi connectivity index (χ0) is 23.9. The molecule has 4 fully saturated rings. The van der Waals surface area contributed by atoms with Gasteiger partial charge in [-0.1, -0.05) is 37.3 Å². The minimum atomic E-state index is -0.455. The van der Waals surface area contributed by atoms with Gasteiger partial charge in [-0.25, -0.2) is 0 Å². The Bertz CT molecular complexity index is 1050. The van der Waals surface area contributed by atoms with Crippen LogP contribution in [0.25, 0.3) is 0 Å². The van der Waals surface area contributed by atoms with Crippen LogP contribution in [0.2, 0.25) is 5.02 Å². The predicted molar refractivity (Wildman–Crippen MR) is 137 cm³/mol. The van der Waals surface area contributed by atoms with Gasteiger partial charge in [0.2, 0.25) is 12.3 Å². The fourth-order valence-electron chi connectivity index (χ4n) is 5.84. The van der Waals surface area contributed by atoms with Gasteiger partial charge in [-0.15, -0.1) is 11.3 Å². The highest BCUT2D eigenvalue weighted by Crippen LogP contribution is 2.57. The Morgan fingerprint density at radius 3 is 2.71 bits per heavy atom. The van der Waals surface area contributed by atoms with Crippen LogP contribution in [0.15, 0.2) is 24.4 Å². The summed E-state index contributed by atoms with van der Waals surface area (Å²) < 4.78 is 0. The molecule has 4 aliphatic carbocycles. The first-order valence-electron chi connectivity index (χ1n) is 12.4. The van der Waals surface area contributed by atoms with Gasteiger partial charge in [-0.2, -0.15) is 0 Å². The molecule has 2 atom stereocenters. The zero-order valence-corrected chi connectivity index (χ0v) is 21.4. The van der Waals surface area contributed by atoms with Crippen LogP contribution in [0.4, 0.5) is 10.7 Å². The lowest BCUT2D eigenvalue weighted by Gasteiger charge is -2.62. The number of nitrogens with zero attached hydrogens (tertiary/aromatic N) is 2. The molecule has 182 valence electrons. The molecule has 0 aromatic carbocycles. The van der Waals surface area contributed by atoms with Crippen molar-refractivity contribution in [2.75, 3.05) is 10.2 Å². The van der Waals surface area contributed by atoms with Crippen molar-refractivity contribution in [2.24, 2.45) is 11.8 Å².